The van der Waals surface area contributed by atoms with Crippen LogP contribution in [-0.2, 0) is 9.05 Å². The van der Waals surface area contributed by atoms with Crippen LogP contribution in [0.3, 0.4) is 0 Å². The van der Waals surface area contributed by atoms with Gasteiger partial charge in [0.25, 0.3) is 14.6 Å². The van der Waals surface area contributed by atoms with Gasteiger partial charge in [0.05, 0.1) is 12.8 Å². The van der Waals surface area contributed by atoms with E-state index in [4.69, 9.17) is 15.4 Å². The van der Waals surface area contributed by atoms with Gasteiger partial charge in [0.1, 0.15) is 10.6 Å². The van der Waals surface area contributed by atoms with Crippen LogP contribution in [0.25, 0.3) is 11.3 Å². The minimum Gasteiger partial charge on any atom is -0.495 e. The number of benzene rings is 1. The number of H-pyrrole nitrogens is 1. The summed E-state index contributed by atoms with van der Waals surface area (Å²) in [5.74, 6) is 0.142. The summed E-state index contributed by atoms with van der Waals surface area (Å²) in [6.07, 6.45) is 0. The molecule has 0 amide bonds. The number of nitrogens with zero attached hydrogens (tertiary/aromatic N) is 1. The van der Waals surface area contributed by atoms with Gasteiger partial charge in [0.15, 0.2) is 0 Å². The Kier molecular flexibility index (Phi) is 3.59. The van der Waals surface area contributed by atoms with Crippen LogP contribution >= 0.6 is 10.7 Å². The predicted octanol–water partition coefficient (Wildman–Crippen LogP) is 1.37. The number of methoxy groups -OCH3 is 1. The van der Waals surface area contributed by atoms with Crippen molar-refractivity contribution in [2.45, 2.75) is 4.90 Å². The summed E-state index contributed by atoms with van der Waals surface area (Å²) in [6, 6.07) is 7.19. The molecular formula is C11H9ClN2O4S. The average Bonchev–Trinajstić information content (AvgIpc) is 2.38. The number of hydrogen-bond donors (Lipinski definition) is 1. The fourth-order valence-corrected chi connectivity index (χ4v) is 2.55. The van der Waals surface area contributed by atoms with Crippen molar-refractivity contribution in [2.75, 3.05) is 7.11 Å². The third-order valence-corrected chi connectivity index (χ3v) is 3.74. The maximum atomic E-state index is 11.5. The highest BCUT2D eigenvalue weighted by Crippen LogP contribution is 2.30. The molecule has 0 atom stereocenters. The van der Waals surface area contributed by atoms with Crippen LogP contribution < -0.4 is 10.3 Å². The highest BCUT2D eigenvalue weighted by molar-refractivity contribution is 8.13. The molecule has 2 aromatic rings. The van der Waals surface area contributed by atoms with Crippen LogP contribution in [0, 0.1) is 0 Å². The molecule has 100 valence electrons. The normalized spacial score (nSPS) is 11.3. The number of hydrogen-bond acceptors (Lipinski definition) is 5. The van der Waals surface area contributed by atoms with E-state index in [0.717, 1.165) is 0 Å². The Hall–Kier alpha value is -1.86. The zero-order valence-electron chi connectivity index (χ0n) is 9.75. The van der Waals surface area contributed by atoms with Gasteiger partial charge in [0.2, 0.25) is 0 Å². The van der Waals surface area contributed by atoms with E-state index in [2.05, 4.69) is 10.2 Å². The summed E-state index contributed by atoms with van der Waals surface area (Å²) < 4.78 is 27.9. The molecule has 0 aliphatic rings. The number of rotatable bonds is 3. The van der Waals surface area contributed by atoms with E-state index in [1.54, 1.807) is 6.07 Å². The summed E-state index contributed by atoms with van der Waals surface area (Å²) in [4.78, 5) is 10.8. The van der Waals surface area contributed by atoms with Gasteiger partial charge in [-0.15, -0.1) is 0 Å². The van der Waals surface area contributed by atoms with Crippen LogP contribution in [0.4, 0.5) is 0 Å². The van der Waals surface area contributed by atoms with Crippen molar-refractivity contribution in [2.24, 2.45) is 0 Å². The maximum Gasteiger partial charge on any atom is 0.265 e. The van der Waals surface area contributed by atoms with Crippen LogP contribution in [-0.4, -0.2) is 25.7 Å². The van der Waals surface area contributed by atoms with Gasteiger partial charge in [-0.05, 0) is 24.3 Å². The fraction of sp³-hybridized carbons (Fsp3) is 0.0909. The smallest absolute Gasteiger partial charge is 0.265 e. The van der Waals surface area contributed by atoms with Gasteiger partial charge in [-0.1, -0.05) is 0 Å². The third kappa shape index (κ3) is 2.94. The van der Waals surface area contributed by atoms with Gasteiger partial charge < -0.3 is 4.74 Å². The number of ether oxygens (including phenoxy) is 1. The van der Waals surface area contributed by atoms with Crippen LogP contribution in [0.2, 0.25) is 0 Å². The largest absolute Gasteiger partial charge is 0.495 e. The first-order chi connectivity index (χ1) is 8.91. The predicted molar refractivity (Wildman–Crippen MR) is 69.9 cm³/mol. The van der Waals surface area contributed by atoms with Crippen LogP contribution in [0.5, 0.6) is 5.75 Å². The molecule has 0 aliphatic carbocycles. The van der Waals surface area contributed by atoms with Gasteiger partial charge in [-0.25, -0.2) is 13.5 Å². The first-order valence-corrected chi connectivity index (χ1v) is 7.41. The number of aromatic amines is 1. The van der Waals surface area contributed by atoms with Gasteiger partial charge in [-0.3, -0.25) is 4.79 Å². The maximum absolute atomic E-state index is 11.5. The summed E-state index contributed by atoms with van der Waals surface area (Å²) in [5.41, 5.74) is 0.572. The van der Waals surface area contributed by atoms with Crippen LogP contribution in [0.1, 0.15) is 0 Å². The van der Waals surface area contributed by atoms with E-state index in [-0.39, 0.29) is 16.2 Å². The van der Waals surface area contributed by atoms with E-state index in [0.29, 0.717) is 11.3 Å². The summed E-state index contributed by atoms with van der Waals surface area (Å²) in [7, 11) is 2.75. The second-order valence-corrected chi connectivity index (χ2v) is 6.14. The molecule has 2 rings (SSSR count). The highest BCUT2D eigenvalue weighted by Gasteiger charge is 2.18. The first kappa shape index (κ1) is 13.6. The lowest BCUT2D eigenvalue weighted by atomic mass is 10.1. The molecule has 0 fully saturated rings. The molecule has 0 spiro atoms. The molecule has 0 saturated heterocycles. The van der Waals surface area contributed by atoms with Gasteiger partial charge in [-0.2, -0.15) is 5.10 Å². The summed E-state index contributed by atoms with van der Waals surface area (Å²) >= 11 is 0. The second kappa shape index (κ2) is 5.02. The van der Waals surface area contributed by atoms with E-state index >= 15 is 0 Å². The molecule has 0 saturated carbocycles. The fourth-order valence-electron chi connectivity index (χ4n) is 1.53. The molecule has 0 radical (unpaired) electrons. The summed E-state index contributed by atoms with van der Waals surface area (Å²) in [5, 5.41) is 6.08. The van der Waals surface area contributed by atoms with Crippen molar-refractivity contribution in [1.29, 1.82) is 0 Å². The minimum atomic E-state index is -3.94. The van der Waals surface area contributed by atoms with E-state index in [1.165, 1.54) is 31.4 Å². The van der Waals surface area contributed by atoms with Crippen molar-refractivity contribution in [1.82, 2.24) is 10.2 Å². The van der Waals surface area contributed by atoms with Crippen molar-refractivity contribution in [3.05, 3.63) is 40.7 Å². The lowest BCUT2D eigenvalue weighted by Gasteiger charge is -2.07. The number of nitrogens with one attached hydrogen (secondary N) is 1. The average molecular weight is 301 g/mol. The zero-order chi connectivity index (χ0) is 14.0. The molecule has 0 unspecified atom stereocenters. The Morgan fingerprint density at radius 1 is 1.26 bits per heavy atom. The topological polar surface area (TPSA) is 89.1 Å². The standard InChI is InChI=1S/C11H9ClN2O4S/c1-18-9-4-2-7(6-10(9)19(12,16)17)8-3-5-11(15)14-13-8/h2-6H,1H3,(H,14,15). The number of aromatic nitrogens is 2. The Morgan fingerprint density at radius 2 is 2.00 bits per heavy atom. The Morgan fingerprint density at radius 3 is 2.53 bits per heavy atom. The molecule has 19 heavy (non-hydrogen) atoms. The summed E-state index contributed by atoms with van der Waals surface area (Å²) in [6.45, 7) is 0. The molecule has 1 heterocycles. The molecule has 0 bridgehead atoms. The van der Waals surface area contributed by atoms with Gasteiger partial charge >= 0.3 is 0 Å². The van der Waals surface area contributed by atoms with Crippen molar-refractivity contribution >= 4 is 19.7 Å². The molecule has 0 aliphatic heterocycles. The Balaban J connectivity index is 2.61. The van der Waals surface area contributed by atoms with E-state index in [1.807, 2.05) is 0 Å². The zero-order valence-corrected chi connectivity index (χ0v) is 11.3. The van der Waals surface area contributed by atoms with Gasteiger partial charge in [0, 0.05) is 22.3 Å². The van der Waals surface area contributed by atoms with E-state index in [9.17, 15) is 13.2 Å². The van der Waals surface area contributed by atoms with E-state index < -0.39 is 9.05 Å². The molecule has 6 nitrogen and oxygen atoms in total. The lowest BCUT2D eigenvalue weighted by molar-refractivity contribution is 0.403. The van der Waals surface area contributed by atoms with Crippen molar-refractivity contribution < 1.29 is 13.2 Å². The van der Waals surface area contributed by atoms with Crippen LogP contribution in [0.15, 0.2) is 40.0 Å². The molecule has 1 aromatic carbocycles. The minimum absolute atomic E-state index is 0.142. The quantitative estimate of drug-likeness (QED) is 0.865. The third-order valence-electron chi connectivity index (χ3n) is 2.40. The number of halogens is 1. The highest BCUT2D eigenvalue weighted by atomic mass is 35.7. The molecule has 1 N–H and O–H groups in total. The van der Waals surface area contributed by atoms with Crippen molar-refractivity contribution in [3.63, 3.8) is 0 Å². The first-order valence-electron chi connectivity index (χ1n) is 5.10. The Bertz CT molecular complexity index is 750. The van der Waals surface area contributed by atoms with Crippen molar-refractivity contribution in [3.8, 4) is 17.0 Å². The molecule has 1 aromatic heterocycles. The molecular weight excluding hydrogens is 292 g/mol. The monoisotopic (exact) mass is 300 g/mol. The lowest BCUT2D eigenvalue weighted by Crippen LogP contribution is -2.05. The Labute approximate surface area is 113 Å². The SMILES string of the molecule is COc1ccc(-c2ccc(=O)[nH]n2)cc1S(=O)(=O)Cl. The molecule has 8 heteroatoms. The second-order valence-electron chi connectivity index (χ2n) is 3.61.